The summed E-state index contributed by atoms with van der Waals surface area (Å²) in [6, 6.07) is 5.69. The van der Waals surface area contributed by atoms with Gasteiger partial charge in [0.2, 0.25) is 0 Å². The van der Waals surface area contributed by atoms with Gasteiger partial charge in [0.15, 0.2) is 0 Å². The molecule has 0 atom stereocenters. The van der Waals surface area contributed by atoms with Crippen LogP contribution in [0.3, 0.4) is 0 Å². The molecular formula is C14H17N3O2S. The zero-order chi connectivity index (χ0) is 14.8. The zero-order valence-corrected chi connectivity index (χ0v) is 12.5. The molecule has 2 rings (SSSR count). The van der Waals surface area contributed by atoms with E-state index in [9.17, 15) is 10.1 Å². The molecule has 0 saturated carbocycles. The minimum Gasteiger partial charge on any atom is -0.369 e. The van der Waals surface area contributed by atoms with Crippen molar-refractivity contribution in [1.82, 2.24) is 4.98 Å². The molecule has 2 aromatic heterocycles. The molecule has 0 aliphatic carbocycles. The minimum absolute atomic E-state index is 0.00986. The molecule has 20 heavy (non-hydrogen) atoms. The molecule has 5 nitrogen and oxygen atoms in total. The Morgan fingerprint density at radius 1 is 1.50 bits per heavy atom. The maximum absolute atomic E-state index is 10.7. The van der Waals surface area contributed by atoms with Crippen molar-refractivity contribution in [3.63, 3.8) is 0 Å². The molecular weight excluding hydrogens is 274 g/mol. The third kappa shape index (κ3) is 3.14. The molecule has 0 spiro atoms. The molecule has 0 bridgehead atoms. The summed E-state index contributed by atoms with van der Waals surface area (Å²) in [5, 5.41) is 16.0. The topological polar surface area (TPSA) is 68.1 Å². The molecule has 2 aromatic rings. The van der Waals surface area contributed by atoms with Gasteiger partial charge in [-0.3, -0.25) is 10.1 Å². The van der Waals surface area contributed by atoms with E-state index in [0.29, 0.717) is 5.82 Å². The van der Waals surface area contributed by atoms with E-state index in [0.717, 1.165) is 12.1 Å². The summed E-state index contributed by atoms with van der Waals surface area (Å²) in [7, 11) is 0. The summed E-state index contributed by atoms with van der Waals surface area (Å²) in [5.74, 6) is 0.695. The Labute approximate surface area is 121 Å². The van der Waals surface area contributed by atoms with Crippen LogP contribution >= 0.6 is 11.3 Å². The van der Waals surface area contributed by atoms with Gasteiger partial charge in [-0.15, -0.1) is 11.3 Å². The highest BCUT2D eigenvalue weighted by molar-refractivity contribution is 7.10. The molecule has 0 amide bonds. The second-order valence-electron chi connectivity index (χ2n) is 5.33. The summed E-state index contributed by atoms with van der Waals surface area (Å²) in [4.78, 5) is 15.7. The van der Waals surface area contributed by atoms with E-state index in [4.69, 9.17) is 0 Å². The van der Waals surface area contributed by atoms with E-state index >= 15 is 0 Å². The summed E-state index contributed by atoms with van der Waals surface area (Å²) in [6.07, 6.45) is 1.29. The van der Waals surface area contributed by atoms with Gasteiger partial charge >= 0.3 is 0 Å². The molecule has 6 heteroatoms. The lowest BCUT2D eigenvalue weighted by Gasteiger charge is -2.24. The maximum atomic E-state index is 10.7. The normalized spacial score (nSPS) is 11.3. The van der Waals surface area contributed by atoms with Crippen molar-refractivity contribution in [3.8, 4) is 0 Å². The van der Waals surface area contributed by atoms with Crippen LogP contribution in [0.25, 0.3) is 0 Å². The first kappa shape index (κ1) is 14.5. The first-order valence-electron chi connectivity index (χ1n) is 6.29. The number of aromatic nitrogens is 1. The van der Waals surface area contributed by atoms with E-state index < -0.39 is 4.92 Å². The fourth-order valence-electron chi connectivity index (χ4n) is 1.90. The molecule has 0 aliphatic heterocycles. The average Bonchev–Trinajstić information content (AvgIpc) is 2.91. The monoisotopic (exact) mass is 291 g/mol. The van der Waals surface area contributed by atoms with Gasteiger partial charge < -0.3 is 5.32 Å². The number of nitrogens with zero attached hydrogens (tertiary/aromatic N) is 2. The van der Waals surface area contributed by atoms with Crippen LogP contribution in [0.4, 0.5) is 11.5 Å². The quantitative estimate of drug-likeness (QED) is 0.673. The Morgan fingerprint density at radius 3 is 2.80 bits per heavy atom. The Balaban J connectivity index is 2.10. The number of thiophene rings is 1. The van der Waals surface area contributed by atoms with Gasteiger partial charge in [-0.05, 0) is 23.9 Å². The van der Waals surface area contributed by atoms with Crippen LogP contribution < -0.4 is 5.32 Å². The lowest BCUT2D eigenvalue weighted by atomic mass is 9.91. The van der Waals surface area contributed by atoms with Gasteiger partial charge in [-0.1, -0.05) is 19.9 Å². The van der Waals surface area contributed by atoms with Gasteiger partial charge in [0.1, 0.15) is 12.0 Å². The molecule has 0 saturated heterocycles. The summed E-state index contributed by atoms with van der Waals surface area (Å²) in [6.45, 7) is 6.86. The Morgan fingerprint density at radius 2 is 2.25 bits per heavy atom. The molecule has 0 unspecified atom stereocenters. The predicted molar refractivity (Wildman–Crippen MR) is 81.5 cm³/mol. The summed E-state index contributed by atoms with van der Waals surface area (Å²) >= 11 is 1.73. The van der Waals surface area contributed by atoms with Crippen LogP contribution in [0, 0.1) is 17.0 Å². The second-order valence-corrected chi connectivity index (χ2v) is 6.28. The number of aryl methyl sites for hydroxylation is 1. The molecule has 106 valence electrons. The van der Waals surface area contributed by atoms with Gasteiger partial charge in [-0.2, -0.15) is 0 Å². The van der Waals surface area contributed by atoms with Crippen LogP contribution in [-0.2, 0) is 5.41 Å². The standard InChI is InChI=1S/C14H17N3O2S/c1-10-7-11(17(18)19)8-15-13(10)16-9-14(2,3)12-5-4-6-20-12/h4-8H,9H2,1-3H3,(H,15,16). The zero-order valence-electron chi connectivity index (χ0n) is 11.7. The van der Waals surface area contributed by atoms with Gasteiger partial charge in [0.25, 0.3) is 5.69 Å². The first-order chi connectivity index (χ1) is 9.40. The third-order valence-corrected chi connectivity index (χ3v) is 4.40. The number of nitrogens with one attached hydrogen (secondary N) is 1. The van der Waals surface area contributed by atoms with E-state index in [1.54, 1.807) is 11.3 Å². The van der Waals surface area contributed by atoms with Gasteiger partial charge in [0, 0.05) is 22.9 Å². The van der Waals surface area contributed by atoms with Crippen molar-refractivity contribution in [2.45, 2.75) is 26.2 Å². The first-order valence-corrected chi connectivity index (χ1v) is 7.17. The number of hydrogen-bond acceptors (Lipinski definition) is 5. The van der Waals surface area contributed by atoms with Crippen molar-refractivity contribution in [2.75, 3.05) is 11.9 Å². The van der Waals surface area contributed by atoms with E-state index in [1.165, 1.54) is 17.1 Å². The van der Waals surface area contributed by atoms with E-state index in [-0.39, 0.29) is 11.1 Å². The second kappa shape index (κ2) is 5.58. The number of anilines is 1. The SMILES string of the molecule is Cc1cc([N+](=O)[O-])cnc1NCC(C)(C)c1cccs1. The highest BCUT2D eigenvalue weighted by Gasteiger charge is 2.22. The van der Waals surface area contributed by atoms with Crippen molar-refractivity contribution >= 4 is 22.8 Å². The van der Waals surface area contributed by atoms with Crippen molar-refractivity contribution in [3.05, 3.63) is 50.3 Å². The molecule has 0 fully saturated rings. The van der Waals surface area contributed by atoms with Gasteiger partial charge in [-0.25, -0.2) is 4.98 Å². The summed E-state index contributed by atoms with van der Waals surface area (Å²) in [5.41, 5.74) is 0.788. The molecule has 0 aliphatic rings. The van der Waals surface area contributed by atoms with Crippen LogP contribution in [0.5, 0.6) is 0 Å². The van der Waals surface area contributed by atoms with E-state index in [1.807, 2.05) is 13.0 Å². The smallest absolute Gasteiger partial charge is 0.287 e. The van der Waals surface area contributed by atoms with Crippen LogP contribution in [-0.4, -0.2) is 16.5 Å². The Bertz CT molecular complexity index is 609. The van der Waals surface area contributed by atoms with Crippen molar-refractivity contribution < 1.29 is 4.92 Å². The number of rotatable bonds is 5. The highest BCUT2D eigenvalue weighted by Crippen LogP contribution is 2.28. The molecule has 0 aromatic carbocycles. The average molecular weight is 291 g/mol. The van der Waals surface area contributed by atoms with E-state index in [2.05, 4.69) is 35.6 Å². The lowest BCUT2D eigenvalue weighted by Crippen LogP contribution is -2.27. The van der Waals surface area contributed by atoms with Crippen LogP contribution in [0.1, 0.15) is 24.3 Å². The molecule has 0 radical (unpaired) electrons. The molecule has 2 heterocycles. The fraction of sp³-hybridized carbons (Fsp3) is 0.357. The van der Waals surface area contributed by atoms with Crippen molar-refractivity contribution in [2.24, 2.45) is 0 Å². The number of pyridine rings is 1. The number of nitro groups is 1. The third-order valence-electron chi connectivity index (χ3n) is 3.16. The van der Waals surface area contributed by atoms with Crippen molar-refractivity contribution in [1.29, 1.82) is 0 Å². The van der Waals surface area contributed by atoms with Gasteiger partial charge in [0.05, 0.1) is 4.92 Å². The van der Waals surface area contributed by atoms with Crippen LogP contribution in [0.2, 0.25) is 0 Å². The highest BCUT2D eigenvalue weighted by atomic mass is 32.1. The lowest BCUT2D eigenvalue weighted by molar-refractivity contribution is -0.385. The fourth-order valence-corrected chi connectivity index (χ4v) is 2.75. The largest absolute Gasteiger partial charge is 0.369 e. The number of hydrogen-bond donors (Lipinski definition) is 1. The Hall–Kier alpha value is -1.95. The predicted octanol–water partition coefficient (Wildman–Crippen LogP) is 3.75. The summed E-state index contributed by atoms with van der Waals surface area (Å²) < 4.78 is 0. The maximum Gasteiger partial charge on any atom is 0.287 e. The Kier molecular flexibility index (Phi) is 4.04. The molecule has 1 N–H and O–H groups in total. The van der Waals surface area contributed by atoms with Crippen LogP contribution in [0.15, 0.2) is 29.8 Å². The minimum atomic E-state index is -0.431.